The highest BCUT2D eigenvalue weighted by Crippen LogP contribution is 2.31. The lowest BCUT2D eigenvalue weighted by Crippen LogP contribution is -2.44. The number of hydrogen-bond donors (Lipinski definition) is 2. The van der Waals surface area contributed by atoms with Gasteiger partial charge in [-0.05, 0) is 31.9 Å². The number of benzene rings is 1. The standard InChI is InChI=1S/C15H19Cl2FN2O/c1-9(15(21)20-11-5-3-2-4-6-11)19-14-12(16)7-10(18)8-13(14)17/h7-9,11,19H,2-6H2,1H3,(H,20,21). The van der Waals surface area contributed by atoms with E-state index in [0.717, 1.165) is 25.7 Å². The Morgan fingerprint density at radius 1 is 1.24 bits per heavy atom. The molecule has 1 aliphatic rings. The molecule has 1 aliphatic carbocycles. The molecule has 2 rings (SSSR count). The van der Waals surface area contributed by atoms with Crippen molar-refractivity contribution in [2.45, 2.75) is 51.1 Å². The summed E-state index contributed by atoms with van der Waals surface area (Å²) in [5.41, 5.74) is 0.381. The van der Waals surface area contributed by atoms with E-state index in [1.807, 2.05) is 0 Å². The minimum absolute atomic E-state index is 0.0987. The van der Waals surface area contributed by atoms with Gasteiger partial charge in [0.2, 0.25) is 5.91 Å². The molecule has 1 saturated carbocycles. The van der Waals surface area contributed by atoms with Crippen molar-refractivity contribution in [2.24, 2.45) is 0 Å². The molecule has 1 atom stereocenters. The number of nitrogens with one attached hydrogen (secondary N) is 2. The quantitative estimate of drug-likeness (QED) is 0.858. The molecule has 1 aromatic carbocycles. The highest BCUT2D eigenvalue weighted by atomic mass is 35.5. The fraction of sp³-hybridized carbons (Fsp3) is 0.533. The first kappa shape index (κ1) is 16.4. The van der Waals surface area contributed by atoms with Gasteiger partial charge in [0, 0.05) is 6.04 Å². The highest BCUT2D eigenvalue weighted by Gasteiger charge is 2.21. The summed E-state index contributed by atoms with van der Waals surface area (Å²) in [5.74, 6) is -0.604. The molecule has 0 saturated heterocycles. The maximum absolute atomic E-state index is 13.1. The summed E-state index contributed by atoms with van der Waals surface area (Å²) in [7, 11) is 0. The third-order valence-corrected chi connectivity index (χ3v) is 4.31. The largest absolute Gasteiger partial charge is 0.371 e. The van der Waals surface area contributed by atoms with Crippen LogP contribution in [-0.2, 0) is 4.79 Å². The summed E-state index contributed by atoms with van der Waals surface area (Å²) in [6.45, 7) is 1.73. The van der Waals surface area contributed by atoms with Crippen LogP contribution in [0.1, 0.15) is 39.0 Å². The van der Waals surface area contributed by atoms with Crippen LogP contribution < -0.4 is 10.6 Å². The molecule has 1 unspecified atom stereocenters. The molecule has 21 heavy (non-hydrogen) atoms. The predicted octanol–water partition coefficient (Wildman–Crippen LogP) is 4.38. The van der Waals surface area contributed by atoms with Crippen LogP contribution in [0.25, 0.3) is 0 Å². The number of carbonyl (C=O) groups excluding carboxylic acids is 1. The van der Waals surface area contributed by atoms with Gasteiger partial charge in [-0.2, -0.15) is 0 Å². The molecule has 6 heteroatoms. The molecule has 1 amide bonds. The summed E-state index contributed by atoms with van der Waals surface area (Å²) in [4.78, 5) is 12.2. The third kappa shape index (κ3) is 4.48. The number of rotatable bonds is 4. The molecule has 1 aromatic rings. The van der Waals surface area contributed by atoms with E-state index >= 15 is 0 Å². The van der Waals surface area contributed by atoms with Gasteiger partial charge < -0.3 is 10.6 Å². The van der Waals surface area contributed by atoms with Crippen molar-refractivity contribution in [3.63, 3.8) is 0 Å². The SMILES string of the molecule is CC(Nc1c(Cl)cc(F)cc1Cl)C(=O)NC1CCCCC1. The Labute approximate surface area is 134 Å². The normalized spacial score (nSPS) is 17.3. The molecule has 0 radical (unpaired) electrons. The molecule has 0 aliphatic heterocycles. The van der Waals surface area contributed by atoms with Gasteiger partial charge in [-0.15, -0.1) is 0 Å². The van der Waals surface area contributed by atoms with Crippen molar-refractivity contribution in [3.05, 3.63) is 28.0 Å². The summed E-state index contributed by atoms with van der Waals surface area (Å²) in [6.07, 6.45) is 5.60. The van der Waals surface area contributed by atoms with Gasteiger partial charge >= 0.3 is 0 Å². The van der Waals surface area contributed by atoms with Gasteiger partial charge in [-0.25, -0.2) is 4.39 Å². The lowest BCUT2D eigenvalue weighted by molar-refractivity contribution is -0.122. The number of amides is 1. The second-order valence-corrected chi connectivity index (χ2v) is 6.27. The van der Waals surface area contributed by atoms with Crippen molar-refractivity contribution in [1.82, 2.24) is 5.32 Å². The molecule has 2 N–H and O–H groups in total. The van der Waals surface area contributed by atoms with E-state index in [0.29, 0.717) is 5.69 Å². The zero-order valence-corrected chi connectivity index (χ0v) is 13.4. The van der Waals surface area contributed by atoms with Gasteiger partial charge in [0.1, 0.15) is 11.9 Å². The Kier molecular flexibility index (Phi) is 5.71. The number of halogens is 3. The van der Waals surface area contributed by atoms with Gasteiger partial charge in [0.05, 0.1) is 15.7 Å². The Hall–Kier alpha value is -1.00. The number of anilines is 1. The van der Waals surface area contributed by atoms with E-state index in [1.54, 1.807) is 6.92 Å². The molecule has 0 spiro atoms. The van der Waals surface area contributed by atoms with E-state index in [1.165, 1.54) is 18.6 Å². The first-order valence-electron chi connectivity index (χ1n) is 7.19. The monoisotopic (exact) mass is 332 g/mol. The molecule has 0 aromatic heterocycles. The van der Waals surface area contributed by atoms with E-state index in [-0.39, 0.29) is 22.0 Å². The zero-order chi connectivity index (χ0) is 15.4. The van der Waals surface area contributed by atoms with E-state index in [2.05, 4.69) is 10.6 Å². The Balaban J connectivity index is 1.97. The summed E-state index contributed by atoms with van der Waals surface area (Å²) in [5, 5.41) is 6.31. The van der Waals surface area contributed by atoms with Crippen LogP contribution in [0.15, 0.2) is 12.1 Å². The summed E-state index contributed by atoms with van der Waals surface area (Å²) < 4.78 is 13.1. The molecule has 3 nitrogen and oxygen atoms in total. The van der Waals surface area contributed by atoms with E-state index < -0.39 is 11.9 Å². The van der Waals surface area contributed by atoms with Gasteiger partial charge in [-0.1, -0.05) is 42.5 Å². The molecule has 116 valence electrons. The van der Waals surface area contributed by atoms with Crippen molar-refractivity contribution in [3.8, 4) is 0 Å². The maximum atomic E-state index is 13.1. The fourth-order valence-electron chi connectivity index (χ4n) is 2.54. The van der Waals surface area contributed by atoms with Crippen molar-refractivity contribution < 1.29 is 9.18 Å². The van der Waals surface area contributed by atoms with Crippen LogP contribution in [0, 0.1) is 5.82 Å². The molecule has 1 fully saturated rings. The van der Waals surface area contributed by atoms with Crippen LogP contribution in [0.3, 0.4) is 0 Å². The Morgan fingerprint density at radius 2 is 1.81 bits per heavy atom. The van der Waals surface area contributed by atoms with E-state index in [4.69, 9.17) is 23.2 Å². The van der Waals surface area contributed by atoms with Crippen molar-refractivity contribution in [2.75, 3.05) is 5.32 Å². The molecular weight excluding hydrogens is 314 g/mol. The third-order valence-electron chi connectivity index (χ3n) is 3.71. The summed E-state index contributed by atoms with van der Waals surface area (Å²) in [6, 6.07) is 2.09. The predicted molar refractivity (Wildman–Crippen MR) is 84.5 cm³/mol. The zero-order valence-electron chi connectivity index (χ0n) is 11.9. The van der Waals surface area contributed by atoms with Crippen LogP contribution >= 0.6 is 23.2 Å². The van der Waals surface area contributed by atoms with Crippen LogP contribution in [0.2, 0.25) is 10.0 Å². The van der Waals surface area contributed by atoms with E-state index in [9.17, 15) is 9.18 Å². The lowest BCUT2D eigenvalue weighted by Gasteiger charge is -2.25. The lowest BCUT2D eigenvalue weighted by atomic mass is 9.95. The van der Waals surface area contributed by atoms with Gasteiger partial charge in [-0.3, -0.25) is 4.79 Å². The highest BCUT2D eigenvalue weighted by molar-refractivity contribution is 6.39. The summed E-state index contributed by atoms with van der Waals surface area (Å²) >= 11 is 11.9. The first-order chi connectivity index (χ1) is 9.97. The smallest absolute Gasteiger partial charge is 0.242 e. The maximum Gasteiger partial charge on any atom is 0.242 e. The molecular formula is C15H19Cl2FN2O. The van der Waals surface area contributed by atoms with Crippen LogP contribution in [-0.4, -0.2) is 18.0 Å². The minimum Gasteiger partial charge on any atom is -0.371 e. The molecule has 0 heterocycles. The Bertz CT molecular complexity index is 495. The van der Waals surface area contributed by atoms with Crippen molar-refractivity contribution >= 4 is 34.8 Å². The second kappa shape index (κ2) is 7.32. The average Bonchev–Trinajstić information content (AvgIpc) is 2.43. The molecule has 0 bridgehead atoms. The number of carbonyl (C=O) groups is 1. The second-order valence-electron chi connectivity index (χ2n) is 5.45. The topological polar surface area (TPSA) is 41.1 Å². The first-order valence-corrected chi connectivity index (χ1v) is 7.94. The number of hydrogen-bond acceptors (Lipinski definition) is 2. The fourth-order valence-corrected chi connectivity index (χ4v) is 3.10. The van der Waals surface area contributed by atoms with Gasteiger partial charge in [0.15, 0.2) is 0 Å². The van der Waals surface area contributed by atoms with Crippen LogP contribution in [0.5, 0.6) is 0 Å². The van der Waals surface area contributed by atoms with Crippen molar-refractivity contribution in [1.29, 1.82) is 0 Å². The van der Waals surface area contributed by atoms with Crippen LogP contribution in [0.4, 0.5) is 10.1 Å². The van der Waals surface area contributed by atoms with Gasteiger partial charge in [0.25, 0.3) is 0 Å². The minimum atomic E-state index is -0.505. The Morgan fingerprint density at radius 3 is 2.38 bits per heavy atom. The average molecular weight is 333 g/mol.